The summed E-state index contributed by atoms with van der Waals surface area (Å²) in [5.41, 5.74) is 1.05. The van der Waals surface area contributed by atoms with Crippen LogP contribution in [0, 0.1) is 0 Å². The van der Waals surface area contributed by atoms with E-state index in [1.807, 2.05) is 13.1 Å². The topological polar surface area (TPSA) is 49.9 Å². The molecule has 0 saturated carbocycles. The fraction of sp³-hybridized carbons (Fsp3) is 0.500. The second-order valence-corrected chi connectivity index (χ2v) is 3.22. The van der Waals surface area contributed by atoms with Gasteiger partial charge in [-0.3, -0.25) is 0 Å². The van der Waals surface area contributed by atoms with Gasteiger partial charge in [0.15, 0.2) is 0 Å². The smallest absolute Gasteiger partial charge is 0.120 e. The number of ether oxygens (including phenoxy) is 1. The van der Waals surface area contributed by atoms with Crippen LogP contribution in [-0.4, -0.2) is 29.7 Å². The van der Waals surface area contributed by atoms with E-state index in [0.29, 0.717) is 13.2 Å². The number of nitrogens with zero attached hydrogens (tertiary/aromatic N) is 1. The number of hydrogen-bond acceptors (Lipinski definition) is 3. The first-order chi connectivity index (χ1) is 6.79. The highest BCUT2D eigenvalue weighted by atomic mass is 16.5. The van der Waals surface area contributed by atoms with Gasteiger partial charge in [-0.2, -0.15) is 0 Å². The Hall–Kier alpha value is -1.13. The molecule has 0 amide bonds. The largest absolute Gasteiger partial charge is 0.376 e. The molecule has 0 radical (unpaired) electrons. The predicted octanol–water partition coefficient (Wildman–Crippen LogP) is 1.09. The van der Waals surface area contributed by atoms with Crippen molar-refractivity contribution in [3.63, 3.8) is 0 Å². The van der Waals surface area contributed by atoms with Crippen molar-refractivity contribution in [3.05, 3.63) is 30.4 Å². The fourth-order valence-corrected chi connectivity index (χ4v) is 0.992. The van der Waals surface area contributed by atoms with Crippen LogP contribution in [0.3, 0.4) is 0 Å². The first-order valence-corrected chi connectivity index (χ1v) is 4.70. The maximum Gasteiger partial charge on any atom is 0.120 e. The lowest BCUT2D eigenvalue weighted by Crippen LogP contribution is -2.20. The normalized spacial score (nSPS) is 10.4. The van der Waals surface area contributed by atoms with Crippen molar-refractivity contribution in [1.82, 2.24) is 15.3 Å². The van der Waals surface area contributed by atoms with Crippen LogP contribution >= 0.6 is 0 Å². The maximum absolute atomic E-state index is 5.32. The molecule has 0 atom stereocenters. The summed E-state index contributed by atoms with van der Waals surface area (Å²) in [5, 5.41) is 3.21. The molecule has 0 aliphatic carbocycles. The van der Waals surface area contributed by atoms with E-state index in [9.17, 15) is 0 Å². The van der Waals surface area contributed by atoms with Crippen LogP contribution < -0.4 is 5.32 Å². The molecule has 1 heterocycles. The average molecular weight is 195 g/mol. The van der Waals surface area contributed by atoms with Crippen LogP contribution in [0.15, 0.2) is 24.5 Å². The Labute approximate surface area is 84.4 Å². The predicted molar refractivity (Wildman–Crippen MR) is 55.9 cm³/mol. The van der Waals surface area contributed by atoms with Crippen molar-refractivity contribution in [2.45, 2.75) is 13.5 Å². The molecular formula is C10H17N3O. The van der Waals surface area contributed by atoms with Crippen LogP contribution in [0.2, 0.25) is 0 Å². The summed E-state index contributed by atoms with van der Waals surface area (Å²) in [6.07, 6.45) is 3.56. The quantitative estimate of drug-likeness (QED) is 0.506. The Balaban J connectivity index is 1.92. The van der Waals surface area contributed by atoms with Crippen LogP contribution in [-0.2, 0) is 11.3 Å². The second kappa shape index (κ2) is 6.34. The van der Waals surface area contributed by atoms with Crippen LogP contribution in [0.1, 0.15) is 12.7 Å². The van der Waals surface area contributed by atoms with E-state index >= 15 is 0 Å². The Bertz CT molecular complexity index is 256. The lowest BCUT2D eigenvalue weighted by molar-refractivity contribution is 0.157. The number of aromatic amines is 1. The molecule has 0 aliphatic rings. The van der Waals surface area contributed by atoms with E-state index in [0.717, 1.165) is 24.5 Å². The summed E-state index contributed by atoms with van der Waals surface area (Å²) in [7, 11) is 0. The number of rotatable bonds is 7. The molecule has 4 nitrogen and oxygen atoms in total. The summed E-state index contributed by atoms with van der Waals surface area (Å²) < 4.78 is 5.32. The third-order valence-corrected chi connectivity index (χ3v) is 1.62. The third kappa shape index (κ3) is 4.79. The van der Waals surface area contributed by atoms with Gasteiger partial charge in [0.1, 0.15) is 5.82 Å². The molecule has 1 aromatic rings. The van der Waals surface area contributed by atoms with Crippen molar-refractivity contribution in [2.75, 3.05) is 19.8 Å². The lowest BCUT2D eigenvalue weighted by Gasteiger charge is -2.04. The zero-order valence-electron chi connectivity index (χ0n) is 8.55. The monoisotopic (exact) mass is 195 g/mol. The zero-order chi connectivity index (χ0) is 10.2. The molecule has 0 saturated heterocycles. The van der Waals surface area contributed by atoms with Crippen LogP contribution in [0.5, 0.6) is 0 Å². The van der Waals surface area contributed by atoms with E-state index < -0.39 is 0 Å². The summed E-state index contributed by atoms with van der Waals surface area (Å²) >= 11 is 0. The van der Waals surface area contributed by atoms with Gasteiger partial charge in [0.05, 0.1) is 19.8 Å². The summed E-state index contributed by atoms with van der Waals surface area (Å²) in [6, 6.07) is 0. The number of H-pyrrole nitrogens is 1. The summed E-state index contributed by atoms with van der Waals surface area (Å²) in [4.78, 5) is 7.11. The number of nitrogens with one attached hydrogen (secondary N) is 2. The van der Waals surface area contributed by atoms with E-state index in [1.165, 1.54) is 0 Å². The standard InChI is InChI=1S/C10H17N3O/c1-9(2)8-14-6-5-11-7-10-12-3-4-13-10/h3-4,11H,1,5-8H2,2H3,(H,12,13). The van der Waals surface area contributed by atoms with Gasteiger partial charge in [-0.15, -0.1) is 0 Å². The number of aromatic nitrogens is 2. The Kier molecular flexibility index (Phi) is 4.96. The molecule has 14 heavy (non-hydrogen) atoms. The van der Waals surface area contributed by atoms with Crippen LogP contribution in [0.4, 0.5) is 0 Å². The molecule has 0 aliphatic heterocycles. The van der Waals surface area contributed by atoms with Crippen molar-refractivity contribution in [1.29, 1.82) is 0 Å². The van der Waals surface area contributed by atoms with Gasteiger partial charge in [0.2, 0.25) is 0 Å². The van der Waals surface area contributed by atoms with Gasteiger partial charge in [-0.25, -0.2) is 4.98 Å². The number of imidazole rings is 1. The van der Waals surface area contributed by atoms with Gasteiger partial charge in [0.25, 0.3) is 0 Å². The first kappa shape index (κ1) is 10.9. The second-order valence-electron chi connectivity index (χ2n) is 3.22. The molecule has 78 valence electrons. The van der Waals surface area contributed by atoms with E-state index in [-0.39, 0.29) is 0 Å². The molecule has 0 fully saturated rings. The first-order valence-electron chi connectivity index (χ1n) is 4.70. The zero-order valence-corrected chi connectivity index (χ0v) is 8.55. The molecule has 0 spiro atoms. The number of hydrogen-bond donors (Lipinski definition) is 2. The van der Waals surface area contributed by atoms with Crippen molar-refractivity contribution >= 4 is 0 Å². The van der Waals surface area contributed by atoms with Crippen molar-refractivity contribution in [3.8, 4) is 0 Å². The molecular weight excluding hydrogens is 178 g/mol. The highest BCUT2D eigenvalue weighted by molar-refractivity contribution is 4.87. The summed E-state index contributed by atoms with van der Waals surface area (Å²) in [6.45, 7) is 8.63. The molecule has 1 aromatic heterocycles. The Morgan fingerprint density at radius 3 is 3.21 bits per heavy atom. The van der Waals surface area contributed by atoms with Crippen molar-refractivity contribution < 1.29 is 4.74 Å². The van der Waals surface area contributed by atoms with E-state index in [4.69, 9.17) is 4.74 Å². The average Bonchev–Trinajstić information content (AvgIpc) is 2.63. The maximum atomic E-state index is 5.32. The fourth-order valence-electron chi connectivity index (χ4n) is 0.992. The van der Waals surface area contributed by atoms with Gasteiger partial charge >= 0.3 is 0 Å². The third-order valence-electron chi connectivity index (χ3n) is 1.62. The van der Waals surface area contributed by atoms with Gasteiger partial charge in [0, 0.05) is 18.9 Å². The molecule has 0 bridgehead atoms. The van der Waals surface area contributed by atoms with Gasteiger partial charge in [-0.1, -0.05) is 12.2 Å². The molecule has 0 unspecified atom stereocenters. The molecule has 1 rings (SSSR count). The minimum absolute atomic E-state index is 0.641. The minimum Gasteiger partial charge on any atom is -0.376 e. The molecule has 4 heteroatoms. The lowest BCUT2D eigenvalue weighted by atomic mass is 10.4. The summed E-state index contributed by atoms with van der Waals surface area (Å²) in [5.74, 6) is 0.949. The SMILES string of the molecule is C=C(C)COCCNCc1ncc[nH]1. The minimum atomic E-state index is 0.641. The Morgan fingerprint density at radius 1 is 1.71 bits per heavy atom. The Morgan fingerprint density at radius 2 is 2.57 bits per heavy atom. The highest BCUT2D eigenvalue weighted by Crippen LogP contribution is 1.88. The van der Waals surface area contributed by atoms with E-state index in [1.54, 1.807) is 6.20 Å². The van der Waals surface area contributed by atoms with Crippen molar-refractivity contribution in [2.24, 2.45) is 0 Å². The molecule has 2 N–H and O–H groups in total. The van der Waals surface area contributed by atoms with Crippen LogP contribution in [0.25, 0.3) is 0 Å². The van der Waals surface area contributed by atoms with E-state index in [2.05, 4.69) is 21.9 Å². The highest BCUT2D eigenvalue weighted by Gasteiger charge is 1.93. The van der Waals surface area contributed by atoms with Gasteiger partial charge in [-0.05, 0) is 6.92 Å². The van der Waals surface area contributed by atoms with Gasteiger partial charge < -0.3 is 15.0 Å². The molecule has 0 aromatic carbocycles.